The smallest absolute Gasteiger partial charge is 0.253 e. The van der Waals surface area contributed by atoms with Crippen molar-refractivity contribution in [2.45, 2.75) is 40.0 Å². The van der Waals surface area contributed by atoms with Crippen LogP contribution in [0.4, 0.5) is 4.39 Å². The topological polar surface area (TPSA) is 43.9 Å². The van der Waals surface area contributed by atoms with Crippen LogP contribution in [0.15, 0.2) is 18.2 Å². The van der Waals surface area contributed by atoms with Gasteiger partial charge < -0.3 is 14.7 Å². The van der Waals surface area contributed by atoms with Gasteiger partial charge in [-0.15, -0.1) is 0 Å². The van der Waals surface area contributed by atoms with Crippen LogP contribution in [0.5, 0.6) is 0 Å². The number of halogens is 1. The normalized spacial score (nSPS) is 26.5. The molecule has 2 amide bonds. The fourth-order valence-corrected chi connectivity index (χ4v) is 6.08. The highest BCUT2D eigenvalue weighted by molar-refractivity contribution is 5.94. The fourth-order valence-electron chi connectivity index (χ4n) is 6.08. The molecule has 5 nitrogen and oxygen atoms in total. The Morgan fingerprint density at radius 2 is 1.83 bits per heavy atom. The number of aryl methyl sites for hydroxylation is 1. The van der Waals surface area contributed by atoms with E-state index in [0.717, 1.165) is 45.4 Å². The zero-order chi connectivity index (χ0) is 21.7. The molecule has 0 aromatic heterocycles. The fraction of sp³-hybridized carbons (Fsp3) is 0.667. The monoisotopic (exact) mass is 415 g/mol. The van der Waals surface area contributed by atoms with Gasteiger partial charge in [-0.25, -0.2) is 4.39 Å². The summed E-state index contributed by atoms with van der Waals surface area (Å²) < 4.78 is 14.0. The highest BCUT2D eigenvalue weighted by Crippen LogP contribution is 2.57. The van der Waals surface area contributed by atoms with Crippen molar-refractivity contribution >= 4 is 11.8 Å². The van der Waals surface area contributed by atoms with Crippen LogP contribution in [0.2, 0.25) is 0 Å². The van der Waals surface area contributed by atoms with E-state index in [1.807, 2.05) is 16.8 Å². The van der Waals surface area contributed by atoms with Crippen molar-refractivity contribution in [3.63, 3.8) is 0 Å². The molecule has 3 heterocycles. The molecule has 1 unspecified atom stereocenters. The molecule has 3 aliphatic heterocycles. The number of hydrogen-bond donors (Lipinski definition) is 0. The second-order valence-corrected chi connectivity index (χ2v) is 10.2. The van der Waals surface area contributed by atoms with E-state index in [-0.39, 0.29) is 28.5 Å². The number of benzene rings is 1. The first-order valence-corrected chi connectivity index (χ1v) is 11.2. The molecular weight excluding hydrogens is 381 g/mol. The maximum absolute atomic E-state index is 14.0. The van der Waals surface area contributed by atoms with Crippen LogP contribution in [0.1, 0.15) is 49.0 Å². The first kappa shape index (κ1) is 21.3. The first-order chi connectivity index (χ1) is 14.2. The number of carbonyl (C=O) groups is 2. The van der Waals surface area contributed by atoms with E-state index < -0.39 is 0 Å². The Balaban J connectivity index is 1.54. The van der Waals surface area contributed by atoms with Gasteiger partial charge in [0, 0.05) is 57.3 Å². The molecule has 3 aliphatic rings. The summed E-state index contributed by atoms with van der Waals surface area (Å²) in [6, 6.07) is 4.72. The highest BCUT2D eigenvalue weighted by atomic mass is 19.1. The Morgan fingerprint density at radius 1 is 1.13 bits per heavy atom. The van der Waals surface area contributed by atoms with Crippen molar-refractivity contribution in [2.75, 3.05) is 46.3 Å². The van der Waals surface area contributed by atoms with Gasteiger partial charge in [0.1, 0.15) is 5.82 Å². The summed E-state index contributed by atoms with van der Waals surface area (Å²) in [7, 11) is 1.92. The number of rotatable bonds is 3. The molecule has 2 spiro atoms. The molecule has 3 saturated heterocycles. The molecule has 164 valence electrons. The zero-order valence-electron chi connectivity index (χ0n) is 18.7. The number of nitrogens with zero attached hydrogens (tertiary/aromatic N) is 3. The molecule has 3 fully saturated rings. The molecule has 1 atom stereocenters. The van der Waals surface area contributed by atoms with Gasteiger partial charge in [0.2, 0.25) is 5.91 Å². The molecule has 0 aliphatic carbocycles. The van der Waals surface area contributed by atoms with Gasteiger partial charge in [-0.3, -0.25) is 9.59 Å². The van der Waals surface area contributed by atoms with Crippen LogP contribution in [0.25, 0.3) is 0 Å². The van der Waals surface area contributed by atoms with Gasteiger partial charge in [-0.2, -0.15) is 0 Å². The lowest BCUT2D eigenvalue weighted by molar-refractivity contribution is -0.141. The lowest BCUT2D eigenvalue weighted by atomic mass is 9.60. The second-order valence-electron chi connectivity index (χ2n) is 10.2. The minimum absolute atomic E-state index is 0.0704. The summed E-state index contributed by atoms with van der Waals surface area (Å²) in [4.78, 5) is 32.5. The first-order valence-electron chi connectivity index (χ1n) is 11.2. The van der Waals surface area contributed by atoms with Crippen molar-refractivity contribution in [3.05, 3.63) is 35.1 Å². The minimum atomic E-state index is -0.340. The maximum atomic E-state index is 14.0. The van der Waals surface area contributed by atoms with Gasteiger partial charge >= 0.3 is 0 Å². The predicted octanol–water partition coefficient (Wildman–Crippen LogP) is 3.18. The number of piperidine rings is 1. The van der Waals surface area contributed by atoms with Crippen LogP contribution < -0.4 is 0 Å². The van der Waals surface area contributed by atoms with Crippen molar-refractivity contribution in [3.8, 4) is 0 Å². The Bertz CT molecular complexity index is 847. The number of hydrogen-bond acceptors (Lipinski definition) is 3. The van der Waals surface area contributed by atoms with E-state index >= 15 is 0 Å². The Hall–Kier alpha value is -1.95. The van der Waals surface area contributed by atoms with E-state index in [2.05, 4.69) is 18.7 Å². The van der Waals surface area contributed by atoms with Gasteiger partial charge in [-0.1, -0.05) is 19.9 Å². The predicted molar refractivity (Wildman–Crippen MR) is 115 cm³/mol. The average Bonchev–Trinajstić information content (AvgIpc) is 3.15. The standard InChI is InChI=1S/C24H34FN3O2/c1-17(2)14-27-15-23(24(16-27)9-10-26(4)22(24)30)7-11-28(12-8-23)21(29)19-6-5-18(3)20(25)13-19/h5-6,13,17H,7-12,14-16H2,1-4H3. The number of fused-ring (bicyclic) bond motifs is 1. The van der Waals surface area contributed by atoms with Crippen molar-refractivity contribution < 1.29 is 14.0 Å². The van der Waals surface area contributed by atoms with E-state index in [1.165, 1.54) is 6.07 Å². The van der Waals surface area contributed by atoms with E-state index in [9.17, 15) is 14.0 Å². The van der Waals surface area contributed by atoms with Crippen molar-refractivity contribution in [2.24, 2.45) is 16.7 Å². The number of carbonyl (C=O) groups excluding carboxylic acids is 2. The third-order valence-corrected chi connectivity index (χ3v) is 7.71. The maximum Gasteiger partial charge on any atom is 0.253 e. The number of likely N-dealkylation sites (tertiary alicyclic amines) is 3. The molecule has 6 heteroatoms. The third-order valence-electron chi connectivity index (χ3n) is 7.71. The Kier molecular flexibility index (Phi) is 5.41. The molecule has 4 rings (SSSR count). The van der Waals surface area contributed by atoms with Crippen LogP contribution in [0.3, 0.4) is 0 Å². The van der Waals surface area contributed by atoms with Gasteiger partial charge in [0.15, 0.2) is 0 Å². The quantitative estimate of drug-likeness (QED) is 0.762. The SMILES string of the molecule is Cc1ccc(C(=O)N2CCC3(CC2)CN(CC(C)C)CC32CCN(C)C2=O)cc1F. The zero-order valence-corrected chi connectivity index (χ0v) is 18.7. The number of amides is 2. The second kappa shape index (κ2) is 7.63. The Morgan fingerprint density at radius 3 is 2.40 bits per heavy atom. The molecule has 30 heavy (non-hydrogen) atoms. The summed E-state index contributed by atoms with van der Waals surface area (Å²) in [6.45, 7) is 11.0. The highest BCUT2D eigenvalue weighted by Gasteiger charge is 2.64. The third kappa shape index (κ3) is 3.33. The van der Waals surface area contributed by atoms with E-state index in [0.29, 0.717) is 30.1 Å². The summed E-state index contributed by atoms with van der Waals surface area (Å²) in [5, 5.41) is 0. The largest absolute Gasteiger partial charge is 0.345 e. The minimum Gasteiger partial charge on any atom is -0.345 e. The Labute approximate surface area is 179 Å². The van der Waals surface area contributed by atoms with E-state index in [1.54, 1.807) is 19.1 Å². The molecule has 1 aromatic rings. The van der Waals surface area contributed by atoms with Gasteiger partial charge in [0.25, 0.3) is 5.91 Å². The molecule has 0 radical (unpaired) electrons. The van der Waals surface area contributed by atoms with Crippen molar-refractivity contribution in [1.29, 1.82) is 0 Å². The summed E-state index contributed by atoms with van der Waals surface area (Å²) >= 11 is 0. The van der Waals surface area contributed by atoms with E-state index in [4.69, 9.17) is 0 Å². The summed E-state index contributed by atoms with van der Waals surface area (Å²) in [6.07, 6.45) is 2.58. The average molecular weight is 416 g/mol. The molecule has 1 aromatic carbocycles. The van der Waals surface area contributed by atoms with Gasteiger partial charge in [0.05, 0.1) is 5.41 Å². The summed E-state index contributed by atoms with van der Waals surface area (Å²) in [5.41, 5.74) is 0.570. The summed E-state index contributed by atoms with van der Waals surface area (Å²) in [5.74, 6) is 0.399. The van der Waals surface area contributed by atoms with Gasteiger partial charge in [-0.05, 0) is 49.8 Å². The molecule has 0 saturated carbocycles. The lowest BCUT2D eigenvalue weighted by Crippen LogP contribution is -2.53. The molecular formula is C24H34FN3O2. The lowest BCUT2D eigenvalue weighted by Gasteiger charge is -2.47. The molecule has 0 N–H and O–H groups in total. The molecule has 0 bridgehead atoms. The van der Waals surface area contributed by atoms with Crippen molar-refractivity contribution in [1.82, 2.24) is 14.7 Å². The van der Waals surface area contributed by atoms with Crippen LogP contribution >= 0.6 is 0 Å². The van der Waals surface area contributed by atoms with Crippen LogP contribution in [-0.2, 0) is 4.79 Å². The van der Waals surface area contributed by atoms with Crippen LogP contribution in [-0.4, -0.2) is 72.8 Å². The van der Waals surface area contributed by atoms with Crippen LogP contribution in [0, 0.1) is 29.5 Å².